The molecule has 0 aromatic heterocycles. The van der Waals surface area contributed by atoms with Gasteiger partial charge in [-0.05, 0) is 37.1 Å². The second-order valence-electron chi connectivity index (χ2n) is 4.82. The molecule has 1 N–H and O–H groups in total. The van der Waals surface area contributed by atoms with Crippen LogP contribution in [-0.4, -0.2) is 18.1 Å². The number of hydrogen-bond acceptors (Lipinski definition) is 5. The molecule has 6 heteroatoms. The van der Waals surface area contributed by atoms with Crippen molar-refractivity contribution in [2.45, 2.75) is 13.3 Å². The van der Waals surface area contributed by atoms with Crippen molar-refractivity contribution in [3.63, 3.8) is 0 Å². The number of nitro benzene ring substituents is 1. The summed E-state index contributed by atoms with van der Waals surface area (Å²) in [4.78, 5) is 10.6. The van der Waals surface area contributed by atoms with Gasteiger partial charge in [-0.3, -0.25) is 10.1 Å². The maximum Gasteiger partial charge on any atom is 0.293 e. The van der Waals surface area contributed by atoms with Crippen LogP contribution in [0.3, 0.4) is 0 Å². The summed E-state index contributed by atoms with van der Waals surface area (Å²) in [6.45, 7) is 3.04. The second kappa shape index (κ2) is 7.80. The lowest BCUT2D eigenvalue weighted by Gasteiger charge is -2.11. The highest BCUT2D eigenvalue weighted by atomic mass is 16.6. The van der Waals surface area contributed by atoms with Crippen molar-refractivity contribution in [3.05, 3.63) is 63.7 Å². The Labute approximate surface area is 134 Å². The molecule has 0 fully saturated rings. The van der Waals surface area contributed by atoms with Gasteiger partial charge in [-0.1, -0.05) is 18.2 Å². The Hall–Kier alpha value is -3.07. The molecule has 0 atom stereocenters. The van der Waals surface area contributed by atoms with E-state index in [1.807, 2.05) is 37.3 Å². The lowest BCUT2D eigenvalue weighted by Crippen LogP contribution is -2.08. The number of nitrogens with zero attached hydrogens (tertiary/aromatic N) is 2. The number of benzene rings is 2. The number of anilines is 1. The van der Waals surface area contributed by atoms with Crippen molar-refractivity contribution in [1.29, 1.82) is 5.26 Å². The zero-order valence-electron chi connectivity index (χ0n) is 12.8. The fourth-order valence-electron chi connectivity index (χ4n) is 2.24. The first-order valence-corrected chi connectivity index (χ1v) is 7.28. The number of nitriles is 1. The fraction of sp³-hybridized carbons (Fsp3) is 0.235. The molecule has 0 heterocycles. The summed E-state index contributed by atoms with van der Waals surface area (Å²) in [6.07, 6.45) is 0.674. The summed E-state index contributed by atoms with van der Waals surface area (Å²) >= 11 is 0. The zero-order chi connectivity index (χ0) is 16.7. The van der Waals surface area contributed by atoms with E-state index in [2.05, 4.69) is 5.32 Å². The third kappa shape index (κ3) is 4.20. The highest BCUT2D eigenvalue weighted by Gasteiger charge is 2.14. The van der Waals surface area contributed by atoms with Gasteiger partial charge in [0, 0.05) is 12.6 Å². The molecular formula is C17H17N3O3. The Morgan fingerprint density at radius 3 is 2.78 bits per heavy atom. The van der Waals surface area contributed by atoms with Gasteiger partial charge in [0.25, 0.3) is 5.69 Å². The number of rotatable bonds is 7. The molecule has 0 aliphatic carbocycles. The van der Waals surface area contributed by atoms with E-state index in [1.54, 1.807) is 12.1 Å². The largest absolute Gasteiger partial charge is 0.494 e. The van der Waals surface area contributed by atoms with Crippen LogP contribution >= 0.6 is 0 Å². The van der Waals surface area contributed by atoms with Crippen molar-refractivity contribution < 1.29 is 9.66 Å². The van der Waals surface area contributed by atoms with Gasteiger partial charge in [-0.2, -0.15) is 5.26 Å². The van der Waals surface area contributed by atoms with E-state index < -0.39 is 4.92 Å². The minimum Gasteiger partial charge on any atom is -0.494 e. The SMILES string of the molecule is CCOc1ccccc1CCNc1ccc(C#N)cc1[N+](=O)[O-]. The molecule has 0 radical (unpaired) electrons. The molecule has 0 saturated carbocycles. The normalized spacial score (nSPS) is 9.91. The van der Waals surface area contributed by atoms with Crippen LogP contribution in [0.25, 0.3) is 0 Å². The molecule has 2 aromatic rings. The summed E-state index contributed by atoms with van der Waals surface area (Å²) in [5.74, 6) is 0.825. The Morgan fingerprint density at radius 2 is 2.09 bits per heavy atom. The first-order valence-electron chi connectivity index (χ1n) is 7.28. The molecule has 0 aliphatic rings. The fourth-order valence-corrected chi connectivity index (χ4v) is 2.24. The van der Waals surface area contributed by atoms with E-state index >= 15 is 0 Å². The third-order valence-corrected chi connectivity index (χ3v) is 3.31. The molecule has 2 rings (SSSR count). The molecule has 23 heavy (non-hydrogen) atoms. The quantitative estimate of drug-likeness (QED) is 0.624. The molecular weight excluding hydrogens is 294 g/mol. The Morgan fingerprint density at radius 1 is 1.30 bits per heavy atom. The average molecular weight is 311 g/mol. The van der Waals surface area contributed by atoms with E-state index in [1.165, 1.54) is 6.07 Å². The molecule has 0 bridgehead atoms. The van der Waals surface area contributed by atoms with Crippen molar-refractivity contribution in [1.82, 2.24) is 0 Å². The minimum atomic E-state index is -0.489. The van der Waals surface area contributed by atoms with E-state index in [9.17, 15) is 10.1 Å². The molecule has 0 unspecified atom stereocenters. The summed E-state index contributed by atoms with van der Waals surface area (Å²) in [7, 11) is 0. The number of para-hydroxylation sites is 1. The van der Waals surface area contributed by atoms with Gasteiger partial charge in [0.15, 0.2) is 0 Å². The molecule has 0 aliphatic heterocycles. The standard InChI is InChI=1S/C17H17N3O3/c1-2-23-17-6-4-3-5-14(17)9-10-19-15-8-7-13(12-18)11-16(15)20(21)22/h3-8,11,19H,2,9-10H2,1H3. The molecule has 6 nitrogen and oxygen atoms in total. The maximum absolute atomic E-state index is 11.1. The lowest BCUT2D eigenvalue weighted by atomic mass is 10.1. The van der Waals surface area contributed by atoms with E-state index in [-0.39, 0.29) is 11.3 Å². The van der Waals surface area contributed by atoms with E-state index in [0.29, 0.717) is 25.3 Å². The minimum absolute atomic E-state index is 0.0952. The molecule has 118 valence electrons. The first kappa shape index (κ1) is 16.3. The predicted molar refractivity (Wildman–Crippen MR) is 87.6 cm³/mol. The Bertz CT molecular complexity index is 738. The Balaban J connectivity index is 2.07. The van der Waals surface area contributed by atoms with Crippen LogP contribution in [0, 0.1) is 21.4 Å². The second-order valence-corrected chi connectivity index (χ2v) is 4.82. The monoisotopic (exact) mass is 311 g/mol. The number of nitrogens with one attached hydrogen (secondary N) is 1. The molecule has 2 aromatic carbocycles. The zero-order valence-corrected chi connectivity index (χ0v) is 12.8. The Kier molecular flexibility index (Phi) is 5.53. The summed E-state index contributed by atoms with van der Waals surface area (Å²) in [6, 6.07) is 14.0. The van der Waals surface area contributed by atoms with Crippen molar-refractivity contribution in [2.24, 2.45) is 0 Å². The summed E-state index contributed by atoms with van der Waals surface area (Å²) < 4.78 is 5.56. The van der Waals surface area contributed by atoms with Crippen LogP contribution in [0.2, 0.25) is 0 Å². The van der Waals surface area contributed by atoms with Crippen LogP contribution in [-0.2, 0) is 6.42 Å². The highest BCUT2D eigenvalue weighted by molar-refractivity contribution is 5.64. The maximum atomic E-state index is 11.1. The van der Waals surface area contributed by atoms with Gasteiger partial charge >= 0.3 is 0 Å². The predicted octanol–water partition coefficient (Wildman–Crippen LogP) is 3.52. The van der Waals surface area contributed by atoms with E-state index in [4.69, 9.17) is 10.00 Å². The van der Waals surface area contributed by atoms with Gasteiger partial charge in [0.2, 0.25) is 0 Å². The van der Waals surface area contributed by atoms with Crippen LogP contribution in [0.5, 0.6) is 5.75 Å². The number of nitro groups is 1. The van der Waals surface area contributed by atoms with Crippen LogP contribution in [0.4, 0.5) is 11.4 Å². The third-order valence-electron chi connectivity index (χ3n) is 3.31. The van der Waals surface area contributed by atoms with Gasteiger partial charge in [-0.15, -0.1) is 0 Å². The van der Waals surface area contributed by atoms with Crippen molar-refractivity contribution in [2.75, 3.05) is 18.5 Å². The summed E-state index contributed by atoms with van der Waals surface area (Å²) in [5.41, 5.74) is 1.62. The smallest absolute Gasteiger partial charge is 0.293 e. The van der Waals surface area contributed by atoms with E-state index in [0.717, 1.165) is 11.3 Å². The van der Waals surface area contributed by atoms with Crippen LogP contribution in [0.15, 0.2) is 42.5 Å². The highest BCUT2D eigenvalue weighted by Crippen LogP contribution is 2.26. The number of hydrogen-bond donors (Lipinski definition) is 1. The van der Waals surface area contributed by atoms with Crippen LogP contribution in [0.1, 0.15) is 18.1 Å². The van der Waals surface area contributed by atoms with Gasteiger partial charge in [0.1, 0.15) is 11.4 Å². The van der Waals surface area contributed by atoms with Gasteiger partial charge in [0.05, 0.1) is 23.2 Å². The molecule has 0 saturated heterocycles. The average Bonchev–Trinajstić information content (AvgIpc) is 2.56. The van der Waals surface area contributed by atoms with Crippen molar-refractivity contribution >= 4 is 11.4 Å². The number of ether oxygens (including phenoxy) is 1. The van der Waals surface area contributed by atoms with Gasteiger partial charge in [-0.25, -0.2) is 0 Å². The van der Waals surface area contributed by atoms with Crippen molar-refractivity contribution in [3.8, 4) is 11.8 Å². The molecule has 0 spiro atoms. The molecule has 0 amide bonds. The van der Waals surface area contributed by atoms with Gasteiger partial charge < -0.3 is 10.1 Å². The first-order chi connectivity index (χ1) is 11.2. The van der Waals surface area contributed by atoms with Crippen LogP contribution < -0.4 is 10.1 Å². The summed E-state index contributed by atoms with van der Waals surface area (Å²) in [5, 5.41) is 23.0. The lowest BCUT2D eigenvalue weighted by molar-refractivity contribution is -0.384. The topological polar surface area (TPSA) is 88.2 Å².